The van der Waals surface area contributed by atoms with Crippen molar-refractivity contribution >= 4 is 23.7 Å². The molecule has 1 aromatic rings. The molecular formula is C19H28N4O7. The fourth-order valence-corrected chi connectivity index (χ4v) is 2.60. The van der Waals surface area contributed by atoms with E-state index in [1.807, 2.05) is 0 Å². The van der Waals surface area contributed by atoms with Crippen molar-refractivity contribution in [1.82, 2.24) is 16.0 Å². The lowest BCUT2D eigenvalue weighted by atomic mass is 10.0. The molecule has 0 saturated carbocycles. The predicted octanol–water partition coefficient (Wildman–Crippen LogP) is -2.51. The van der Waals surface area contributed by atoms with Gasteiger partial charge in [0.15, 0.2) is 6.04 Å². The number of aliphatic hydroxyl groups is 2. The van der Waals surface area contributed by atoms with E-state index in [0.29, 0.717) is 5.56 Å². The zero-order chi connectivity index (χ0) is 22.8. The molecule has 0 saturated heterocycles. The van der Waals surface area contributed by atoms with Crippen molar-refractivity contribution in [3.8, 4) is 0 Å². The first-order valence-electron chi connectivity index (χ1n) is 9.29. The third kappa shape index (κ3) is 7.78. The monoisotopic (exact) mass is 424 g/mol. The topological polar surface area (TPSA) is 191 Å². The van der Waals surface area contributed by atoms with Gasteiger partial charge in [-0.2, -0.15) is 0 Å². The summed E-state index contributed by atoms with van der Waals surface area (Å²) in [5, 5.41) is 35.5. The van der Waals surface area contributed by atoms with Gasteiger partial charge in [0.05, 0.1) is 18.8 Å². The Morgan fingerprint density at radius 2 is 1.47 bits per heavy atom. The molecule has 3 amide bonds. The second-order valence-corrected chi connectivity index (χ2v) is 6.81. The van der Waals surface area contributed by atoms with Crippen molar-refractivity contribution in [2.45, 2.75) is 50.6 Å². The van der Waals surface area contributed by atoms with Gasteiger partial charge in [-0.3, -0.25) is 14.4 Å². The standard InChI is InChI=1S/C19H28N4O7/c1-10(24)15(22-14(26)9-20)18(28)21-13(8-12-6-4-3-5-7-12)17(27)23-16(11(2)25)19(29)30/h3-7,10-11,13,15-16,24-25H,8-9,20H2,1-2H3,(H,21,28)(H,22,26)(H,23,27)(H,29,30)/t10-,11-,13+,15+,16+/m1/s1. The average Bonchev–Trinajstić information content (AvgIpc) is 2.69. The Kier molecular flexibility index (Phi) is 9.89. The van der Waals surface area contributed by atoms with E-state index >= 15 is 0 Å². The summed E-state index contributed by atoms with van der Waals surface area (Å²) >= 11 is 0. The van der Waals surface area contributed by atoms with Crippen LogP contribution in [0.2, 0.25) is 0 Å². The third-order valence-electron chi connectivity index (χ3n) is 4.23. The van der Waals surface area contributed by atoms with Crippen LogP contribution in [-0.4, -0.2) is 75.9 Å². The van der Waals surface area contributed by atoms with Crippen LogP contribution in [0.4, 0.5) is 0 Å². The molecule has 0 heterocycles. The van der Waals surface area contributed by atoms with Crippen LogP contribution in [0.3, 0.4) is 0 Å². The molecular weight excluding hydrogens is 396 g/mol. The minimum Gasteiger partial charge on any atom is -0.480 e. The first kappa shape index (κ1) is 25.0. The molecule has 30 heavy (non-hydrogen) atoms. The van der Waals surface area contributed by atoms with Gasteiger partial charge in [-0.05, 0) is 19.4 Å². The van der Waals surface area contributed by atoms with E-state index in [0.717, 1.165) is 0 Å². The van der Waals surface area contributed by atoms with E-state index in [2.05, 4.69) is 16.0 Å². The quantitative estimate of drug-likeness (QED) is 0.202. The summed E-state index contributed by atoms with van der Waals surface area (Å²) in [6.45, 7) is 2.08. The lowest BCUT2D eigenvalue weighted by Gasteiger charge is -2.26. The Hall–Kier alpha value is -3.02. The number of carboxylic acids is 1. The van der Waals surface area contributed by atoms with Crippen LogP contribution in [0.1, 0.15) is 19.4 Å². The number of rotatable bonds is 11. The number of hydrogen-bond acceptors (Lipinski definition) is 7. The molecule has 0 radical (unpaired) electrons. The van der Waals surface area contributed by atoms with E-state index in [1.54, 1.807) is 30.3 Å². The molecule has 0 bridgehead atoms. The van der Waals surface area contributed by atoms with Crippen LogP contribution >= 0.6 is 0 Å². The van der Waals surface area contributed by atoms with Crippen molar-refractivity contribution in [1.29, 1.82) is 0 Å². The van der Waals surface area contributed by atoms with Crippen molar-refractivity contribution in [3.63, 3.8) is 0 Å². The highest BCUT2D eigenvalue weighted by atomic mass is 16.4. The van der Waals surface area contributed by atoms with Gasteiger partial charge in [0.1, 0.15) is 12.1 Å². The van der Waals surface area contributed by atoms with Gasteiger partial charge >= 0.3 is 5.97 Å². The lowest BCUT2D eigenvalue weighted by Crippen LogP contribution is -2.60. The smallest absolute Gasteiger partial charge is 0.328 e. The number of carbonyl (C=O) groups is 4. The fraction of sp³-hybridized carbons (Fsp3) is 0.474. The zero-order valence-electron chi connectivity index (χ0n) is 16.7. The highest BCUT2D eigenvalue weighted by Crippen LogP contribution is 2.06. The molecule has 0 fully saturated rings. The molecule has 1 aromatic carbocycles. The Morgan fingerprint density at radius 3 is 1.93 bits per heavy atom. The van der Waals surface area contributed by atoms with Crippen LogP contribution in [0.5, 0.6) is 0 Å². The minimum absolute atomic E-state index is 0.00191. The van der Waals surface area contributed by atoms with Gasteiger partial charge in [-0.15, -0.1) is 0 Å². The summed E-state index contributed by atoms with van der Waals surface area (Å²) in [7, 11) is 0. The molecule has 0 spiro atoms. The second kappa shape index (κ2) is 11.9. The summed E-state index contributed by atoms with van der Waals surface area (Å²) < 4.78 is 0. The van der Waals surface area contributed by atoms with E-state index in [-0.39, 0.29) is 6.42 Å². The molecule has 0 aliphatic carbocycles. The first-order chi connectivity index (χ1) is 14.1. The summed E-state index contributed by atoms with van der Waals surface area (Å²) in [5.74, 6) is -3.83. The number of amides is 3. The molecule has 0 aromatic heterocycles. The SMILES string of the molecule is C[C@@H](O)[C@H](NC(=O)[C@H](Cc1ccccc1)NC(=O)[C@@H](NC(=O)CN)[C@@H](C)O)C(=O)O. The zero-order valence-corrected chi connectivity index (χ0v) is 16.7. The number of carboxylic acid groups (broad SMARTS) is 1. The normalized spacial score (nSPS) is 15.8. The molecule has 5 atom stereocenters. The molecule has 11 nitrogen and oxygen atoms in total. The number of hydrogen-bond donors (Lipinski definition) is 7. The number of benzene rings is 1. The van der Waals surface area contributed by atoms with Gasteiger partial charge < -0.3 is 37.0 Å². The fourth-order valence-electron chi connectivity index (χ4n) is 2.60. The molecule has 166 valence electrons. The van der Waals surface area contributed by atoms with Crippen LogP contribution < -0.4 is 21.7 Å². The maximum atomic E-state index is 12.7. The Morgan fingerprint density at radius 1 is 0.900 bits per heavy atom. The Balaban J connectivity index is 3.07. The van der Waals surface area contributed by atoms with Crippen LogP contribution in [0.15, 0.2) is 30.3 Å². The van der Waals surface area contributed by atoms with E-state index < -0.39 is 60.6 Å². The number of aliphatic hydroxyl groups excluding tert-OH is 2. The van der Waals surface area contributed by atoms with Crippen LogP contribution in [0.25, 0.3) is 0 Å². The molecule has 0 unspecified atom stereocenters. The largest absolute Gasteiger partial charge is 0.480 e. The Bertz CT molecular complexity index is 740. The van der Waals surface area contributed by atoms with Gasteiger partial charge in [0, 0.05) is 6.42 Å². The highest BCUT2D eigenvalue weighted by Gasteiger charge is 2.32. The van der Waals surface area contributed by atoms with Gasteiger partial charge in [-0.25, -0.2) is 4.79 Å². The second-order valence-electron chi connectivity index (χ2n) is 6.81. The molecule has 1 rings (SSSR count). The summed E-state index contributed by atoms with van der Waals surface area (Å²) in [6.07, 6.45) is -2.67. The highest BCUT2D eigenvalue weighted by molar-refractivity contribution is 5.94. The summed E-state index contributed by atoms with van der Waals surface area (Å²) in [4.78, 5) is 48.1. The molecule has 11 heteroatoms. The third-order valence-corrected chi connectivity index (χ3v) is 4.23. The van der Waals surface area contributed by atoms with Crippen molar-refractivity contribution in [3.05, 3.63) is 35.9 Å². The predicted molar refractivity (Wildman–Crippen MR) is 106 cm³/mol. The van der Waals surface area contributed by atoms with Gasteiger partial charge in [0.2, 0.25) is 17.7 Å². The molecule has 0 aliphatic rings. The lowest BCUT2D eigenvalue weighted by molar-refractivity contribution is -0.145. The van der Waals surface area contributed by atoms with E-state index in [9.17, 15) is 34.5 Å². The van der Waals surface area contributed by atoms with Crippen LogP contribution in [0, 0.1) is 0 Å². The van der Waals surface area contributed by atoms with Crippen molar-refractivity contribution < 1.29 is 34.5 Å². The first-order valence-corrected chi connectivity index (χ1v) is 9.29. The molecule has 8 N–H and O–H groups in total. The average molecular weight is 424 g/mol. The summed E-state index contributed by atoms with van der Waals surface area (Å²) in [6, 6.07) is 4.42. The number of nitrogens with two attached hydrogens (primary N) is 1. The minimum atomic E-state index is -1.59. The maximum absolute atomic E-state index is 12.7. The van der Waals surface area contributed by atoms with Gasteiger partial charge in [-0.1, -0.05) is 30.3 Å². The van der Waals surface area contributed by atoms with Gasteiger partial charge in [0.25, 0.3) is 0 Å². The number of carbonyl (C=O) groups excluding carboxylic acids is 3. The van der Waals surface area contributed by atoms with E-state index in [4.69, 9.17) is 5.73 Å². The number of aliphatic carboxylic acids is 1. The van der Waals surface area contributed by atoms with E-state index in [1.165, 1.54) is 13.8 Å². The van der Waals surface area contributed by atoms with Crippen molar-refractivity contribution in [2.75, 3.05) is 6.54 Å². The Labute approximate surface area is 173 Å². The van der Waals surface area contributed by atoms with Crippen molar-refractivity contribution in [2.24, 2.45) is 5.73 Å². The maximum Gasteiger partial charge on any atom is 0.328 e. The molecule has 0 aliphatic heterocycles. The summed E-state index contributed by atoms with van der Waals surface area (Å²) in [5.41, 5.74) is 5.88. The number of nitrogens with one attached hydrogen (secondary N) is 3. The van der Waals surface area contributed by atoms with Crippen LogP contribution in [-0.2, 0) is 25.6 Å².